The van der Waals surface area contributed by atoms with Crippen molar-refractivity contribution in [1.29, 1.82) is 0 Å². The Bertz CT molecular complexity index is 415. The summed E-state index contributed by atoms with van der Waals surface area (Å²) in [6.45, 7) is 2.15. The molecule has 1 nitrogen and oxygen atoms in total. The second kappa shape index (κ2) is 7.99. The smallest absolute Gasteiger partial charge is 1.00 e. The zero-order valence-corrected chi connectivity index (χ0v) is 14.3. The van der Waals surface area contributed by atoms with Crippen LogP contribution in [-0.2, 0) is 25.2 Å². The SMILES string of the molecule is COC1(SC2=[C]([Ti+2])CC=C2)CC=CC=C1C.[Cl-].[Cl-]. The molecule has 2 aliphatic rings. The molecule has 2 rings (SSSR count). The van der Waals surface area contributed by atoms with Crippen molar-refractivity contribution in [3.05, 3.63) is 44.7 Å². The van der Waals surface area contributed by atoms with Gasteiger partial charge in [0.05, 0.1) is 0 Å². The molecule has 0 radical (unpaired) electrons. The predicted octanol–water partition coefficient (Wildman–Crippen LogP) is -2.31. The van der Waals surface area contributed by atoms with E-state index in [0.717, 1.165) is 12.8 Å². The summed E-state index contributed by atoms with van der Waals surface area (Å²) in [4.78, 5) is 1.17. The number of thioether (sulfide) groups is 1. The minimum absolute atomic E-state index is 0. The molecule has 0 spiro atoms. The zero-order chi connectivity index (χ0) is 11.6. The first kappa shape index (κ1) is 18.6. The number of rotatable bonds is 3. The summed E-state index contributed by atoms with van der Waals surface area (Å²) in [7, 11) is 1.80. The van der Waals surface area contributed by atoms with E-state index in [4.69, 9.17) is 4.74 Å². The van der Waals surface area contributed by atoms with Gasteiger partial charge in [0.1, 0.15) is 0 Å². The van der Waals surface area contributed by atoms with Crippen molar-refractivity contribution in [3.63, 3.8) is 0 Å². The molecule has 0 saturated heterocycles. The molecule has 0 heterocycles. The van der Waals surface area contributed by atoms with Gasteiger partial charge in [-0.15, -0.1) is 0 Å². The Labute approximate surface area is 137 Å². The first-order chi connectivity index (χ1) is 7.68. The van der Waals surface area contributed by atoms with Crippen LogP contribution in [0, 0.1) is 0 Å². The Balaban J connectivity index is 0.00000144. The molecule has 0 amide bonds. The van der Waals surface area contributed by atoms with Crippen LogP contribution in [0.5, 0.6) is 0 Å². The zero-order valence-electron chi connectivity index (χ0n) is 10.4. The van der Waals surface area contributed by atoms with Gasteiger partial charge in [-0.2, -0.15) is 0 Å². The average molecular weight is 338 g/mol. The fourth-order valence-electron chi connectivity index (χ4n) is 1.89. The minimum atomic E-state index is -0.194. The van der Waals surface area contributed by atoms with E-state index in [2.05, 4.69) is 57.7 Å². The summed E-state index contributed by atoms with van der Waals surface area (Å²) in [5.41, 5.74) is 1.29. The van der Waals surface area contributed by atoms with Gasteiger partial charge in [0, 0.05) is 0 Å². The van der Waals surface area contributed by atoms with Gasteiger partial charge in [0.25, 0.3) is 0 Å². The molecule has 18 heavy (non-hydrogen) atoms. The van der Waals surface area contributed by atoms with Crippen molar-refractivity contribution >= 4 is 11.8 Å². The number of hydrogen-bond donors (Lipinski definition) is 0. The van der Waals surface area contributed by atoms with Gasteiger partial charge in [-0.1, -0.05) is 0 Å². The van der Waals surface area contributed by atoms with Gasteiger partial charge in [0.2, 0.25) is 0 Å². The monoisotopic (exact) mass is 337 g/mol. The molecule has 1 atom stereocenters. The third-order valence-corrected chi connectivity index (χ3v) is 5.57. The molecule has 0 fully saturated rings. The Morgan fingerprint density at radius 3 is 2.56 bits per heavy atom. The molecule has 1 unspecified atom stereocenters. The van der Waals surface area contributed by atoms with Gasteiger partial charge < -0.3 is 24.8 Å². The first-order valence-corrected chi connectivity index (χ1v) is 6.97. The van der Waals surface area contributed by atoms with Crippen molar-refractivity contribution in [1.82, 2.24) is 0 Å². The number of hydrogen-bond acceptors (Lipinski definition) is 2. The van der Waals surface area contributed by atoms with Gasteiger partial charge in [-0.25, -0.2) is 0 Å². The number of methoxy groups -OCH3 is 1. The Morgan fingerprint density at radius 1 is 1.33 bits per heavy atom. The van der Waals surface area contributed by atoms with Crippen LogP contribution in [0.1, 0.15) is 19.8 Å². The first-order valence-electron chi connectivity index (χ1n) is 5.37. The van der Waals surface area contributed by atoms with E-state index in [1.165, 1.54) is 14.4 Å². The fraction of sp³-hybridized carbons (Fsp3) is 0.385. The van der Waals surface area contributed by atoms with Crippen LogP contribution in [0.4, 0.5) is 0 Å². The predicted molar refractivity (Wildman–Crippen MR) is 65.6 cm³/mol. The summed E-state index contributed by atoms with van der Waals surface area (Å²) in [5.74, 6) is 0. The van der Waals surface area contributed by atoms with Crippen molar-refractivity contribution in [2.24, 2.45) is 0 Å². The Morgan fingerprint density at radius 2 is 2.06 bits per heavy atom. The summed E-state index contributed by atoms with van der Waals surface area (Å²) >= 11 is 4.04. The van der Waals surface area contributed by atoms with Crippen molar-refractivity contribution in [2.45, 2.75) is 24.7 Å². The van der Waals surface area contributed by atoms with Crippen LogP contribution < -0.4 is 24.8 Å². The van der Waals surface area contributed by atoms with Crippen LogP contribution in [0.25, 0.3) is 0 Å². The second-order valence-corrected chi connectivity index (χ2v) is 6.24. The van der Waals surface area contributed by atoms with Crippen LogP contribution in [-0.4, -0.2) is 12.0 Å². The fourth-order valence-corrected chi connectivity index (χ4v) is 3.66. The number of halogens is 2. The maximum Gasteiger partial charge on any atom is -1.00 e. The molecule has 0 aromatic rings. The molecule has 5 heteroatoms. The third kappa shape index (κ3) is 3.78. The molecule has 0 bridgehead atoms. The van der Waals surface area contributed by atoms with E-state index in [-0.39, 0.29) is 29.7 Å². The van der Waals surface area contributed by atoms with E-state index in [9.17, 15) is 0 Å². The average Bonchev–Trinajstić information content (AvgIpc) is 2.68. The van der Waals surface area contributed by atoms with Crippen molar-refractivity contribution < 1.29 is 50.0 Å². The maximum atomic E-state index is 5.78. The number of allylic oxidation sites excluding steroid dienone is 5. The quantitative estimate of drug-likeness (QED) is 0.423. The van der Waals surface area contributed by atoms with Gasteiger partial charge in [0.15, 0.2) is 0 Å². The Kier molecular flexibility index (Phi) is 8.24. The van der Waals surface area contributed by atoms with Crippen LogP contribution >= 0.6 is 11.8 Å². The van der Waals surface area contributed by atoms with E-state index >= 15 is 0 Å². The summed E-state index contributed by atoms with van der Waals surface area (Å²) < 4.78 is 7.22. The number of ether oxygens (including phenoxy) is 1. The van der Waals surface area contributed by atoms with Crippen molar-refractivity contribution in [2.75, 3.05) is 7.11 Å². The standard InChI is InChI=1S/C13H15OS.2ClH.Ti/c1-11-7-5-6-10-13(11,14-2)15-12-8-3-4-9-12;;;/h3,5-8H,4,10H2,1-2H3;2*1H;/q;;;+2/p-2. The van der Waals surface area contributed by atoms with E-state index in [0.29, 0.717) is 0 Å². The largest absolute Gasteiger partial charge is 1.00 e. The minimum Gasteiger partial charge on any atom is -1.00 e. The molecule has 0 saturated carbocycles. The van der Waals surface area contributed by atoms with Crippen LogP contribution in [0.3, 0.4) is 0 Å². The van der Waals surface area contributed by atoms with E-state index in [1.807, 2.05) is 11.8 Å². The van der Waals surface area contributed by atoms with Gasteiger partial charge >= 0.3 is 113 Å². The summed E-state index contributed by atoms with van der Waals surface area (Å²) in [6, 6.07) is 0. The molecule has 0 aromatic heterocycles. The molecule has 2 aliphatic carbocycles. The molecule has 0 N–H and O–H groups in total. The van der Waals surface area contributed by atoms with Gasteiger partial charge in [-0.05, 0) is 0 Å². The topological polar surface area (TPSA) is 9.23 Å². The summed E-state index contributed by atoms with van der Waals surface area (Å²) in [5, 5.41) is 0. The normalized spacial score (nSPS) is 25.7. The van der Waals surface area contributed by atoms with Crippen LogP contribution in [0.2, 0.25) is 0 Å². The molecule has 0 aliphatic heterocycles. The van der Waals surface area contributed by atoms with Crippen molar-refractivity contribution in [3.8, 4) is 0 Å². The third-order valence-electron chi connectivity index (χ3n) is 2.96. The second-order valence-electron chi connectivity index (χ2n) is 3.99. The van der Waals surface area contributed by atoms with Gasteiger partial charge in [-0.3, -0.25) is 0 Å². The van der Waals surface area contributed by atoms with E-state index < -0.39 is 0 Å². The van der Waals surface area contributed by atoms with Crippen LogP contribution in [0.15, 0.2) is 44.7 Å². The molecule has 97 valence electrons. The summed E-state index contributed by atoms with van der Waals surface area (Å²) in [6.07, 6.45) is 12.9. The molecular weight excluding hydrogens is 323 g/mol. The maximum absolute atomic E-state index is 5.78. The Hall–Kier alpha value is 0.564. The molecular formula is C13H15Cl2OSTi. The van der Waals surface area contributed by atoms with E-state index in [1.54, 1.807) is 7.11 Å². The molecule has 0 aromatic carbocycles.